The minimum absolute atomic E-state index is 0.327. The highest BCUT2D eigenvalue weighted by Crippen LogP contribution is 2.23. The molecule has 2 rings (SSSR count). The van der Waals surface area contributed by atoms with Gasteiger partial charge in [-0.15, -0.1) is 0 Å². The number of nitrogens with two attached hydrogens (primary N) is 1. The van der Waals surface area contributed by atoms with E-state index >= 15 is 0 Å². The van der Waals surface area contributed by atoms with E-state index in [0.717, 1.165) is 22.0 Å². The lowest BCUT2D eigenvalue weighted by Crippen LogP contribution is -2.52. The topological polar surface area (TPSA) is 88.0 Å². The molecule has 5 heteroatoms. The Labute approximate surface area is 130 Å². The largest absolute Gasteiger partial charge is 0.368 e. The molecular weight excluding hydrogens is 278 g/mol. The van der Waals surface area contributed by atoms with Gasteiger partial charge in [0.25, 0.3) is 5.91 Å². The number of aromatic amines is 1. The standard InChI is InChI=1S/C17H23N3O2/c1-9-6-10(2)11-8-13(19-12(11)7-9)16(22)20-14(15(18)21)17(3,4)5/h6-8,14,19H,1-5H3,(H2,18,21)(H,20,22)/t14-/m1/s1. The molecule has 0 saturated heterocycles. The molecular formula is C17H23N3O2. The zero-order valence-corrected chi connectivity index (χ0v) is 13.7. The molecule has 0 saturated carbocycles. The van der Waals surface area contributed by atoms with Crippen LogP contribution >= 0.6 is 0 Å². The number of nitrogens with one attached hydrogen (secondary N) is 2. The molecule has 0 bridgehead atoms. The van der Waals surface area contributed by atoms with Crippen molar-refractivity contribution in [2.24, 2.45) is 11.1 Å². The summed E-state index contributed by atoms with van der Waals surface area (Å²) >= 11 is 0. The quantitative estimate of drug-likeness (QED) is 0.813. The Hall–Kier alpha value is -2.30. The van der Waals surface area contributed by atoms with Crippen molar-refractivity contribution in [3.05, 3.63) is 35.0 Å². The molecule has 1 aromatic carbocycles. The van der Waals surface area contributed by atoms with Gasteiger partial charge in [-0.2, -0.15) is 0 Å². The maximum atomic E-state index is 12.4. The fraction of sp³-hybridized carbons (Fsp3) is 0.412. The van der Waals surface area contributed by atoms with E-state index in [4.69, 9.17) is 5.73 Å². The third kappa shape index (κ3) is 3.13. The molecule has 5 nitrogen and oxygen atoms in total. The SMILES string of the molecule is Cc1cc(C)c2cc(C(=O)N[C@H](C(N)=O)C(C)(C)C)[nH]c2c1. The number of fused-ring (bicyclic) bond motifs is 1. The second-order valence-corrected chi connectivity index (χ2v) is 6.90. The van der Waals surface area contributed by atoms with Crippen LogP contribution in [0.25, 0.3) is 10.9 Å². The maximum absolute atomic E-state index is 12.4. The Kier molecular flexibility index (Phi) is 4.00. The summed E-state index contributed by atoms with van der Waals surface area (Å²) in [5.74, 6) is -0.865. The molecule has 0 unspecified atom stereocenters. The molecule has 4 N–H and O–H groups in total. The monoisotopic (exact) mass is 301 g/mol. The van der Waals surface area contributed by atoms with E-state index in [1.165, 1.54) is 0 Å². The number of carbonyl (C=O) groups excluding carboxylic acids is 2. The number of rotatable bonds is 3. The third-order valence-corrected chi connectivity index (χ3v) is 3.76. The Morgan fingerprint density at radius 3 is 2.36 bits per heavy atom. The highest BCUT2D eigenvalue weighted by atomic mass is 16.2. The summed E-state index contributed by atoms with van der Waals surface area (Å²) in [4.78, 5) is 27.1. The average molecular weight is 301 g/mol. The molecule has 0 radical (unpaired) electrons. The molecule has 0 fully saturated rings. The van der Waals surface area contributed by atoms with E-state index in [0.29, 0.717) is 5.69 Å². The number of primary amides is 1. The first kappa shape index (κ1) is 16.1. The van der Waals surface area contributed by atoms with Gasteiger partial charge in [0.2, 0.25) is 5.91 Å². The van der Waals surface area contributed by atoms with Gasteiger partial charge in [-0.25, -0.2) is 0 Å². The van der Waals surface area contributed by atoms with Crippen molar-refractivity contribution < 1.29 is 9.59 Å². The molecule has 1 aromatic heterocycles. The Bertz CT molecular complexity index is 738. The zero-order valence-electron chi connectivity index (χ0n) is 13.7. The summed E-state index contributed by atoms with van der Waals surface area (Å²) in [7, 11) is 0. The maximum Gasteiger partial charge on any atom is 0.268 e. The second-order valence-electron chi connectivity index (χ2n) is 6.90. The van der Waals surface area contributed by atoms with Gasteiger partial charge in [0.1, 0.15) is 11.7 Å². The molecule has 2 aromatic rings. The highest BCUT2D eigenvalue weighted by molar-refractivity contribution is 6.00. The van der Waals surface area contributed by atoms with E-state index in [1.54, 1.807) is 6.07 Å². The van der Waals surface area contributed by atoms with Crippen molar-refractivity contribution in [2.45, 2.75) is 40.7 Å². The van der Waals surface area contributed by atoms with Gasteiger partial charge in [0.05, 0.1) is 0 Å². The number of carbonyl (C=O) groups is 2. The number of aryl methyl sites for hydroxylation is 2. The van der Waals surface area contributed by atoms with Gasteiger partial charge >= 0.3 is 0 Å². The van der Waals surface area contributed by atoms with Crippen molar-refractivity contribution in [3.8, 4) is 0 Å². The number of H-pyrrole nitrogens is 1. The predicted molar refractivity (Wildman–Crippen MR) is 87.7 cm³/mol. The van der Waals surface area contributed by atoms with Crippen LogP contribution in [-0.4, -0.2) is 22.8 Å². The smallest absolute Gasteiger partial charge is 0.268 e. The van der Waals surface area contributed by atoms with Crippen molar-refractivity contribution >= 4 is 22.7 Å². The van der Waals surface area contributed by atoms with Crippen LogP contribution in [0.15, 0.2) is 18.2 Å². The van der Waals surface area contributed by atoms with Crippen LogP contribution in [0.1, 0.15) is 42.4 Å². The van der Waals surface area contributed by atoms with Crippen LogP contribution in [0.3, 0.4) is 0 Å². The molecule has 0 aliphatic heterocycles. The first-order valence-electron chi connectivity index (χ1n) is 7.29. The van der Waals surface area contributed by atoms with Gasteiger partial charge in [-0.1, -0.05) is 26.8 Å². The molecule has 0 spiro atoms. The summed E-state index contributed by atoms with van der Waals surface area (Å²) in [5, 5.41) is 3.72. The molecule has 118 valence electrons. The minimum Gasteiger partial charge on any atom is -0.368 e. The molecule has 0 aliphatic rings. The summed E-state index contributed by atoms with van der Waals surface area (Å²) in [5.41, 5.74) is 8.53. The normalized spacial score (nSPS) is 13.1. The summed E-state index contributed by atoms with van der Waals surface area (Å²) in [6.45, 7) is 9.60. The molecule has 1 atom stereocenters. The zero-order chi connectivity index (χ0) is 16.7. The fourth-order valence-electron chi connectivity index (χ4n) is 2.64. The van der Waals surface area contributed by atoms with Gasteiger partial charge < -0.3 is 16.0 Å². The minimum atomic E-state index is -0.728. The van der Waals surface area contributed by atoms with E-state index < -0.39 is 17.4 Å². The van der Waals surface area contributed by atoms with Crippen LogP contribution in [0.5, 0.6) is 0 Å². The van der Waals surface area contributed by atoms with Crippen LogP contribution in [0, 0.1) is 19.3 Å². The van der Waals surface area contributed by atoms with E-state index in [2.05, 4.69) is 16.4 Å². The number of amides is 2. The lowest BCUT2D eigenvalue weighted by atomic mass is 9.86. The van der Waals surface area contributed by atoms with Crippen molar-refractivity contribution in [2.75, 3.05) is 0 Å². The average Bonchev–Trinajstić information content (AvgIpc) is 2.77. The van der Waals surface area contributed by atoms with Crippen LogP contribution < -0.4 is 11.1 Å². The molecule has 22 heavy (non-hydrogen) atoms. The fourth-order valence-corrected chi connectivity index (χ4v) is 2.64. The number of benzene rings is 1. The first-order valence-corrected chi connectivity index (χ1v) is 7.29. The Balaban J connectivity index is 2.34. The Morgan fingerprint density at radius 2 is 1.82 bits per heavy atom. The van der Waals surface area contributed by atoms with Gasteiger partial charge in [0.15, 0.2) is 0 Å². The van der Waals surface area contributed by atoms with Crippen LogP contribution in [0.4, 0.5) is 0 Å². The lowest BCUT2D eigenvalue weighted by Gasteiger charge is -2.28. The van der Waals surface area contributed by atoms with E-state index in [-0.39, 0.29) is 5.91 Å². The number of hydrogen-bond acceptors (Lipinski definition) is 2. The van der Waals surface area contributed by atoms with Crippen molar-refractivity contribution in [1.29, 1.82) is 0 Å². The summed E-state index contributed by atoms with van der Waals surface area (Å²) in [6, 6.07) is 5.14. The summed E-state index contributed by atoms with van der Waals surface area (Å²) in [6.07, 6.45) is 0. The number of hydrogen-bond donors (Lipinski definition) is 3. The van der Waals surface area contributed by atoms with Crippen LogP contribution in [0.2, 0.25) is 0 Å². The third-order valence-electron chi connectivity index (χ3n) is 3.76. The molecule has 0 aliphatic carbocycles. The Morgan fingerprint density at radius 1 is 1.18 bits per heavy atom. The number of aromatic nitrogens is 1. The summed E-state index contributed by atoms with van der Waals surface area (Å²) < 4.78 is 0. The van der Waals surface area contributed by atoms with Crippen molar-refractivity contribution in [3.63, 3.8) is 0 Å². The predicted octanol–water partition coefficient (Wildman–Crippen LogP) is 2.41. The van der Waals surface area contributed by atoms with Gasteiger partial charge in [-0.3, -0.25) is 9.59 Å². The molecule has 1 heterocycles. The highest BCUT2D eigenvalue weighted by Gasteiger charge is 2.31. The lowest BCUT2D eigenvalue weighted by molar-refractivity contribution is -0.122. The van der Waals surface area contributed by atoms with Crippen molar-refractivity contribution in [1.82, 2.24) is 10.3 Å². The second kappa shape index (κ2) is 5.48. The van der Waals surface area contributed by atoms with Gasteiger partial charge in [-0.05, 0) is 42.5 Å². The van der Waals surface area contributed by atoms with Crippen LogP contribution in [-0.2, 0) is 4.79 Å². The van der Waals surface area contributed by atoms with Gasteiger partial charge in [0, 0.05) is 10.9 Å². The van der Waals surface area contributed by atoms with E-state index in [1.807, 2.05) is 40.7 Å². The van der Waals surface area contributed by atoms with E-state index in [9.17, 15) is 9.59 Å². The first-order chi connectivity index (χ1) is 10.1. The molecule has 2 amide bonds.